The lowest BCUT2D eigenvalue weighted by atomic mass is 10.1. The standard InChI is InChI=1S/C15H16N4/c16-7-11-3-5-13(6-4-11)14-9-18-15(19-14)10-17-8-12-1-2-12/h3-6,9,12,17H,1-2,8,10H2,(H,18,19). The Morgan fingerprint density at radius 3 is 2.79 bits per heavy atom. The van der Waals surface area contributed by atoms with Crippen LogP contribution in [-0.4, -0.2) is 16.5 Å². The van der Waals surface area contributed by atoms with Crippen molar-refractivity contribution in [2.45, 2.75) is 19.4 Å². The molecule has 0 amide bonds. The fraction of sp³-hybridized carbons (Fsp3) is 0.333. The van der Waals surface area contributed by atoms with Gasteiger partial charge in [-0.1, -0.05) is 12.1 Å². The molecule has 2 aromatic rings. The SMILES string of the molecule is N#Cc1ccc(-c2cnc(CNCC3CC3)[nH]2)cc1. The number of hydrogen-bond donors (Lipinski definition) is 2. The van der Waals surface area contributed by atoms with Crippen molar-refractivity contribution in [2.24, 2.45) is 5.92 Å². The third-order valence-electron chi connectivity index (χ3n) is 3.38. The van der Waals surface area contributed by atoms with Crippen molar-refractivity contribution in [1.82, 2.24) is 15.3 Å². The van der Waals surface area contributed by atoms with Gasteiger partial charge in [-0.25, -0.2) is 4.98 Å². The summed E-state index contributed by atoms with van der Waals surface area (Å²) in [5.74, 6) is 1.84. The number of nitrogens with one attached hydrogen (secondary N) is 2. The van der Waals surface area contributed by atoms with Crippen molar-refractivity contribution in [3.05, 3.63) is 41.9 Å². The molecule has 0 saturated heterocycles. The molecule has 0 bridgehead atoms. The minimum absolute atomic E-state index is 0.676. The molecule has 19 heavy (non-hydrogen) atoms. The molecule has 2 N–H and O–H groups in total. The van der Waals surface area contributed by atoms with Gasteiger partial charge in [-0.05, 0) is 43.0 Å². The van der Waals surface area contributed by atoms with Crippen LogP contribution in [0.15, 0.2) is 30.5 Å². The Hall–Kier alpha value is -2.12. The number of H-pyrrole nitrogens is 1. The summed E-state index contributed by atoms with van der Waals surface area (Å²) in [7, 11) is 0. The normalized spacial score (nSPS) is 14.3. The summed E-state index contributed by atoms with van der Waals surface area (Å²) in [4.78, 5) is 7.67. The highest BCUT2D eigenvalue weighted by molar-refractivity contribution is 5.59. The summed E-state index contributed by atoms with van der Waals surface area (Å²) >= 11 is 0. The topological polar surface area (TPSA) is 64.5 Å². The first-order valence-electron chi connectivity index (χ1n) is 6.60. The maximum Gasteiger partial charge on any atom is 0.120 e. The molecule has 4 nitrogen and oxygen atoms in total. The average Bonchev–Trinajstić information content (AvgIpc) is 3.15. The van der Waals surface area contributed by atoms with Crippen LogP contribution in [0.5, 0.6) is 0 Å². The average molecular weight is 252 g/mol. The Bertz CT molecular complexity index is 587. The van der Waals surface area contributed by atoms with Gasteiger partial charge in [0.15, 0.2) is 0 Å². The fourth-order valence-electron chi connectivity index (χ4n) is 2.04. The molecule has 1 aromatic heterocycles. The largest absolute Gasteiger partial charge is 0.341 e. The van der Waals surface area contributed by atoms with Crippen LogP contribution in [0.1, 0.15) is 24.2 Å². The third kappa shape index (κ3) is 3.01. The highest BCUT2D eigenvalue weighted by Crippen LogP contribution is 2.27. The molecule has 1 aliphatic rings. The van der Waals surface area contributed by atoms with E-state index in [1.54, 1.807) is 0 Å². The number of hydrogen-bond acceptors (Lipinski definition) is 3. The molecule has 0 spiro atoms. The first kappa shape index (κ1) is 11.9. The molecule has 4 heteroatoms. The van der Waals surface area contributed by atoms with Crippen LogP contribution in [0.25, 0.3) is 11.3 Å². The molecular formula is C15H16N4. The van der Waals surface area contributed by atoms with Crippen LogP contribution in [-0.2, 0) is 6.54 Å². The monoisotopic (exact) mass is 252 g/mol. The molecule has 3 rings (SSSR count). The van der Waals surface area contributed by atoms with Gasteiger partial charge in [0.25, 0.3) is 0 Å². The molecule has 1 heterocycles. The molecule has 96 valence electrons. The minimum atomic E-state index is 0.676. The van der Waals surface area contributed by atoms with E-state index in [9.17, 15) is 0 Å². The molecule has 0 radical (unpaired) electrons. The van der Waals surface area contributed by atoms with Crippen LogP contribution < -0.4 is 5.32 Å². The van der Waals surface area contributed by atoms with E-state index in [0.29, 0.717) is 5.56 Å². The number of imidazole rings is 1. The Kier molecular flexibility index (Phi) is 3.30. The van der Waals surface area contributed by atoms with Gasteiger partial charge < -0.3 is 10.3 Å². The van der Waals surface area contributed by atoms with Crippen molar-refractivity contribution < 1.29 is 0 Å². The first-order chi connectivity index (χ1) is 9.35. The zero-order chi connectivity index (χ0) is 13.1. The van der Waals surface area contributed by atoms with Crippen molar-refractivity contribution >= 4 is 0 Å². The Morgan fingerprint density at radius 2 is 2.11 bits per heavy atom. The predicted octanol–water partition coefficient (Wildman–Crippen LogP) is 2.45. The van der Waals surface area contributed by atoms with Gasteiger partial charge >= 0.3 is 0 Å². The van der Waals surface area contributed by atoms with Crippen molar-refractivity contribution in [3.8, 4) is 17.3 Å². The second-order valence-electron chi connectivity index (χ2n) is 5.01. The van der Waals surface area contributed by atoms with Crippen LogP contribution in [0.2, 0.25) is 0 Å². The summed E-state index contributed by atoms with van der Waals surface area (Å²) < 4.78 is 0. The van der Waals surface area contributed by atoms with Crippen LogP contribution in [0, 0.1) is 17.2 Å². The van der Waals surface area contributed by atoms with Gasteiger partial charge in [0, 0.05) is 0 Å². The highest BCUT2D eigenvalue weighted by Gasteiger charge is 2.20. The van der Waals surface area contributed by atoms with Crippen LogP contribution in [0.3, 0.4) is 0 Å². The van der Waals surface area contributed by atoms with E-state index >= 15 is 0 Å². The maximum atomic E-state index is 8.77. The zero-order valence-electron chi connectivity index (χ0n) is 10.7. The van der Waals surface area contributed by atoms with E-state index in [4.69, 9.17) is 5.26 Å². The zero-order valence-corrected chi connectivity index (χ0v) is 10.7. The van der Waals surface area contributed by atoms with Crippen molar-refractivity contribution in [2.75, 3.05) is 6.54 Å². The summed E-state index contributed by atoms with van der Waals surface area (Å²) in [5, 5.41) is 12.2. The number of rotatable bonds is 5. The van der Waals surface area contributed by atoms with E-state index in [1.807, 2.05) is 30.5 Å². The number of benzene rings is 1. The summed E-state index contributed by atoms with van der Waals surface area (Å²) in [6.45, 7) is 1.87. The number of aromatic amines is 1. The molecule has 0 atom stereocenters. The van der Waals surface area contributed by atoms with Gasteiger partial charge in [-0.2, -0.15) is 5.26 Å². The quantitative estimate of drug-likeness (QED) is 0.859. The lowest BCUT2D eigenvalue weighted by molar-refractivity contribution is 0.623. The third-order valence-corrected chi connectivity index (χ3v) is 3.38. The van der Waals surface area contributed by atoms with Crippen molar-refractivity contribution in [1.29, 1.82) is 5.26 Å². The first-order valence-corrected chi connectivity index (χ1v) is 6.60. The maximum absolute atomic E-state index is 8.77. The van der Waals surface area contributed by atoms with Crippen molar-refractivity contribution in [3.63, 3.8) is 0 Å². The lowest BCUT2D eigenvalue weighted by Gasteiger charge is -2.00. The van der Waals surface area contributed by atoms with Gasteiger partial charge in [0.2, 0.25) is 0 Å². The molecule has 1 fully saturated rings. The summed E-state index contributed by atoms with van der Waals surface area (Å²) in [5.41, 5.74) is 2.72. The number of nitriles is 1. The Labute approximate surface area is 112 Å². The molecule has 0 unspecified atom stereocenters. The molecule has 1 saturated carbocycles. The van der Waals surface area contributed by atoms with Gasteiger partial charge in [0.1, 0.15) is 5.82 Å². The molecule has 1 aromatic carbocycles. The number of aromatic nitrogens is 2. The Balaban J connectivity index is 1.63. The second-order valence-corrected chi connectivity index (χ2v) is 5.01. The Morgan fingerprint density at radius 1 is 1.32 bits per heavy atom. The minimum Gasteiger partial charge on any atom is -0.341 e. The number of nitrogens with zero attached hydrogens (tertiary/aromatic N) is 2. The van der Waals surface area contributed by atoms with E-state index in [1.165, 1.54) is 12.8 Å². The van der Waals surface area contributed by atoms with Gasteiger partial charge in [-0.15, -0.1) is 0 Å². The summed E-state index contributed by atoms with van der Waals surface area (Å²) in [6.07, 6.45) is 4.57. The van der Waals surface area contributed by atoms with E-state index in [0.717, 1.165) is 36.1 Å². The smallest absolute Gasteiger partial charge is 0.120 e. The van der Waals surface area contributed by atoms with Gasteiger partial charge in [0.05, 0.1) is 30.1 Å². The fourth-order valence-corrected chi connectivity index (χ4v) is 2.04. The van der Waals surface area contributed by atoms with E-state index in [-0.39, 0.29) is 0 Å². The van der Waals surface area contributed by atoms with E-state index in [2.05, 4.69) is 21.4 Å². The predicted molar refractivity (Wildman–Crippen MR) is 73.2 cm³/mol. The molecular weight excluding hydrogens is 236 g/mol. The van der Waals surface area contributed by atoms with E-state index < -0.39 is 0 Å². The van der Waals surface area contributed by atoms with Crippen LogP contribution in [0.4, 0.5) is 0 Å². The molecule has 0 aliphatic heterocycles. The molecule has 1 aliphatic carbocycles. The highest BCUT2D eigenvalue weighted by atomic mass is 15.0. The van der Waals surface area contributed by atoms with Gasteiger partial charge in [-0.3, -0.25) is 0 Å². The summed E-state index contributed by atoms with van der Waals surface area (Å²) in [6, 6.07) is 9.64. The van der Waals surface area contributed by atoms with Crippen LogP contribution >= 0.6 is 0 Å². The lowest BCUT2D eigenvalue weighted by Crippen LogP contribution is -2.16. The second kappa shape index (κ2) is 5.25.